The summed E-state index contributed by atoms with van der Waals surface area (Å²) in [6.45, 7) is 0. The van der Waals surface area contributed by atoms with Crippen LogP contribution in [0.1, 0.15) is 17.0 Å². The van der Waals surface area contributed by atoms with Crippen LogP contribution in [0.15, 0.2) is 41.8 Å². The topological polar surface area (TPSA) is 99.5 Å². The maximum absolute atomic E-state index is 10.3. The van der Waals surface area contributed by atoms with Gasteiger partial charge >= 0.3 is 0 Å². The van der Waals surface area contributed by atoms with E-state index in [0.717, 1.165) is 6.07 Å². The Morgan fingerprint density at radius 2 is 1.78 bits per heavy atom. The molecule has 23 heavy (non-hydrogen) atoms. The van der Waals surface area contributed by atoms with Crippen molar-refractivity contribution in [1.29, 1.82) is 5.26 Å². The molecule has 1 atom stereocenters. The third kappa shape index (κ3) is 2.42. The summed E-state index contributed by atoms with van der Waals surface area (Å²) in [5.74, 6) is -1.24. The van der Waals surface area contributed by atoms with Crippen molar-refractivity contribution in [2.24, 2.45) is 5.73 Å². The number of fused-ring (bicyclic) bond motifs is 1. The Morgan fingerprint density at radius 3 is 2.39 bits per heavy atom. The lowest BCUT2D eigenvalue weighted by Gasteiger charge is -2.28. The molecule has 2 aromatic rings. The largest absolute Gasteiger partial charge is 0.508 e. The van der Waals surface area contributed by atoms with Crippen LogP contribution in [0.2, 0.25) is 10.0 Å². The number of aromatic hydroxyl groups is 2. The smallest absolute Gasteiger partial charge is 0.205 e. The molecule has 0 bridgehead atoms. The lowest BCUT2D eigenvalue weighted by molar-refractivity contribution is 0.375. The van der Waals surface area contributed by atoms with Gasteiger partial charge in [-0.2, -0.15) is 5.26 Å². The molecular formula is C16H10Cl2N2O3. The number of nitrogens with two attached hydrogens (primary N) is 1. The number of phenols is 2. The lowest BCUT2D eigenvalue weighted by Crippen LogP contribution is -2.21. The van der Waals surface area contributed by atoms with Gasteiger partial charge in [0.15, 0.2) is 0 Å². The van der Waals surface area contributed by atoms with Crippen molar-refractivity contribution in [2.75, 3.05) is 0 Å². The second-order valence-corrected chi connectivity index (χ2v) is 5.75. The summed E-state index contributed by atoms with van der Waals surface area (Å²) >= 11 is 12.5. The normalized spacial score (nSPS) is 16.5. The van der Waals surface area contributed by atoms with E-state index in [9.17, 15) is 15.5 Å². The van der Waals surface area contributed by atoms with Crippen molar-refractivity contribution in [3.05, 3.63) is 63.0 Å². The molecule has 1 aliphatic rings. The van der Waals surface area contributed by atoms with Crippen molar-refractivity contribution in [1.82, 2.24) is 0 Å². The average Bonchev–Trinajstić information content (AvgIpc) is 2.46. The standard InChI is InChI=1S/C16H10Cl2N2O3/c17-9-2-1-3-10(18)14(9)13-8(6-19)16(20)23-12-5-7(21)4-11(22)15(12)13/h1-5,13,21-22H,20H2/t13-/m1/s1. The van der Waals surface area contributed by atoms with Crippen LogP contribution in [0.3, 0.4) is 0 Å². The number of hydrogen-bond donors (Lipinski definition) is 3. The highest BCUT2D eigenvalue weighted by Crippen LogP contribution is 2.50. The Hall–Kier alpha value is -2.55. The molecule has 1 aliphatic heterocycles. The van der Waals surface area contributed by atoms with Crippen molar-refractivity contribution in [3.8, 4) is 23.3 Å². The summed E-state index contributed by atoms with van der Waals surface area (Å²) in [4.78, 5) is 0. The van der Waals surface area contributed by atoms with Gasteiger partial charge in [-0.1, -0.05) is 29.3 Å². The van der Waals surface area contributed by atoms with E-state index in [1.165, 1.54) is 6.07 Å². The SMILES string of the molecule is N#CC1=C(N)Oc2cc(O)cc(O)c2[C@H]1c1c(Cl)cccc1Cl. The van der Waals surface area contributed by atoms with Gasteiger partial charge in [0.2, 0.25) is 5.88 Å². The fourth-order valence-electron chi connectivity index (χ4n) is 2.63. The van der Waals surface area contributed by atoms with Crippen LogP contribution in [-0.2, 0) is 0 Å². The minimum atomic E-state index is -0.800. The highest BCUT2D eigenvalue weighted by atomic mass is 35.5. The predicted octanol–water partition coefficient (Wildman–Crippen LogP) is 3.62. The van der Waals surface area contributed by atoms with E-state index >= 15 is 0 Å². The molecule has 3 rings (SSSR count). The number of phenolic OH excluding ortho intramolecular Hbond substituents is 2. The summed E-state index contributed by atoms with van der Waals surface area (Å²) in [6, 6.07) is 9.35. The van der Waals surface area contributed by atoms with Crippen LogP contribution in [0.4, 0.5) is 0 Å². The van der Waals surface area contributed by atoms with Crippen LogP contribution < -0.4 is 10.5 Å². The maximum Gasteiger partial charge on any atom is 0.205 e. The number of ether oxygens (including phenoxy) is 1. The molecule has 0 radical (unpaired) electrons. The summed E-state index contributed by atoms with van der Waals surface area (Å²) in [7, 11) is 0. The Kier molecular flexibility index (Phi) is 3.72. The number of hydrogen-bond acceptors (Lipinski definition) is 5. The maximum atomic E-state index is 10.3. The molecule has 116 valence electrons. The van der Waals surface area contributed by atoms with E-state index < -0.39 is 5.92 Å². The molecule has 0 aromatic heterocycles. The minimum Gasteiger partial charge on any atom is -0.508 e. The number of halogens is 2. The molecule has 0 aliphatic carbocycles. The highest BCUT2D eigenvalue weighted by molar-refractivity contribution is 6.36. The first-order chi connectivity index (χ1) is 10.9. The van der Waals surface area contributed by atoms with Gasteiger partial charge in [0.1, 0.15) is 28.9 Å². The molecule has 5 nitrogen and oxygen atoms in total. The van der Waals surface area contributed by atoms with Crippen LogP contribution in [-0.4, -0.2) is 10.2 Å². The lowest BCUT2D eigenvalue weighted by atomic mass is 9.83. The van der Waals surface area contributed by atoms with Gasteiger partial charge in [0.25, 0.3) is 0 Å². The molecule has 0 spiro atoms. The second-order valence-electron chi connectivity index (χ2n) is 4.94. The molecule has 1 heterocycles. The van der Waals surface area contributed by atoms with Crippen LogP contribution in [0, 0.1) is 11.3 Å². The van der Waals surface area contributed by atoms with E-state index in [1.54, 1.807) is 18.2 Å². The zero-order chi connectivity index (χ0) is 16.7. The highest BCUT2D eigenvalue weighted by Gasteiger charge is 2.35. The quantitative estimate of drug-likeness (QED) is 0.730. The van der Waals surface area contributed by atoms with Gasteiger partial charge in [-0.05, 0) is 12.1 Å². The first-order valence-corrected chi connectivity index (χ1v) is 7.27. The molecule has 0 fully saturated rings. The molecule has 4 N–H and O–H groups in total. The minimum absolute atomic E-state index is 0.0773. The number of nitriles is 1. The molecule has 0 saturated heterocycles. The first-order valence-electron chi connectivity index (χ1n) is 6.51. The Morgan fingerprint density at radius 1 is 1.13 bits per heavy atom. The fourth-order valence-corrected chi connectivity index (χ4v) is 3.24. The zero-order valence-corrected chi connectivity index (χ0v) is 13.1. The average molecular weight is 349 g/mol. The third-order valence-electron chi connectivity index (χ3n) is 3.58. The van der Waals surface area contributed by atoms with E-state index in [0.29, 0.717) is 15.6 Å². The van der Waals surface area contributed by atoms with Crippen LogP contribution in [0.25, 0.3) is 0 Å². The van der Waals surface area contributed by atoms with Gasteiger partial charge in [-0.15, -0.1) is 0 Å². The van der Waals surface area contributed by atoms with Crippen molar-refractivity contribution in [3.63, 3.8) is 0 Å². The number of nitrogens with zero attached hydrogens (tertiary/aromatic N) is 1. The molecule has 0 saturated carbocycles. The summed E-state index contributed by atoms with van der Waals surface area (Å²) in [5, 5.41) is 30.0. The van der Waals surface area contributed by atoms with Crippen LogP contribution >= 0.6 is 23.2 Å². The van der Waals surface area contributed by atoms with E-state index in [4.69, 9.17) is 33.7 Å². The first kappa shape index (κ1) is 15.3. The van der Waals surface area contributed by atoms with Gasteiger partial charge in [-0.3, -0.25) is 0 Å². The molecule has 0 amide bonds. The van der Waals surface area contributed by atoms with Gasteiger partial charge < -0.3 is 20.7 Å². The van der Waals surface area contributed by atoms with Crippen molar-refractivity contribution < 1.29 is 14.9 Å². The summed E-state index contributed by atoms with van der Waals surface area (Å²) in [6.07, 6.45) is 0. The Bertz CT molecular complexity index is 867. The van der Waals surface area contributed by atoms with Crippen LogP contribution in [0.5, 0.6) is 17.2 Å². The Balaban J connectivity index is 2.37. The second kappa shape index (κ2) is 5.58. The Labute approximate surface area is 141 Å². The number of allylic oxidation sites excluding steroid dienone is 1. The zero-order valence-electron chi connectivity index (χ0n) is 11.5. The van der Waals surface area contributed by atoms with Crippen molar-refractivity contribution in [2.45, 2.75) is 5.92 Å². The number of benzene rings is 2. The summed E-state index contributed by atoms with van der Waals surface area (Å²) < 4.78 is 5.36. The summed E-state index contributed by atoms with van der Waals surface area (Å²) in [5.41, 5.74) is 6.59. The third-order valence-corrected chi connectivity index (χ3v) is 4.24. The van der Waals surface area contributed by atoms with E-state index in [-0.39, 0.29) is 34.3 Å². The molecule has 2 aromatic carbocycles. The molecule has 0 unspecified atom stereocenters. The van der Waals surface area contributed by atoms with Gasteiger partial charge in [0.05, 0.1) is 5.92 Å². The molecule has 7 heteroatoms. The van der Waals surface area contributed by atoms with Gasteiger partial charge in [0, 0.05) is 33.3 Å². The number of rotatable bonds is 1. The molecular weight excluding hydrogens is 339 g/mol. The van der Waals surface area contributed by atoms with E-state index in [1.807, 2.05) is 6.07 Å². The van der Waals surface area contributed by atoms with E-state index in [2.05, 4.69) is 0 Å². The monoisotopic (exact) mass is 348 g/mol. The van der Waals surface area contributed by atoms with Gasteiger partial charge in [-0.25, -0.2) is 0 Å². The van der Waals surface area contributed by atoms with Crippen molar-refractivity contribution >= 4 is 23.2 Å². The fraction of sp³-hybridized carbons (Fsp3) is 0.0625. The predicted molar refractivity (Wildman–Crippen MR) is 85.5 cm³/mol.